The molecular formula is C12H16N4O2. The summed E-state index contributed by atoms with van der Waals surface area (Å²) in [5, 5.41) is 14.5. The Hall–Kier alpha value is -2.11. The van der Waals surface area contributed by atoms with Crippen LogP contribution in [0.2, 0.25) is 0 Å². The van der Waals surface area contributed by atoms with Gasteiger partial charge in [-0.2, -0.15) is 0 Å². The maximum absolute atomic E-state index is 12.1. The Kier molecular flexibility index (Phi) is 3.45. The Morgan fingerprint density at radius 2 is 2.39 bits per heavy atom. The number of hydrogen-bond acceptors (Lipinski definition) is 4. The molecule has 1 amide bonds. The normalized spacial score (nSPS) is 17.3. The maximum Gasteiger partial charge on any atom is 0.253 e. The molecule has 1 fully saturated rings. The van der Waals surface area contributed by atoms with Crippen molar-refractivity contribution in [3.05, 3.63) is 29.6 Å². The molecule has 0 aliphatic heterocycles. The fraction of sp³-hybridized carbons (Fsp3) is 0.417. The van der Waals surface area contributed by atoms with E-state index in [0.29, 0.717) is 11.3 Å². The average molecular weight is 248 g/mol. The van der Waals surface area contributed by atoms with Crippen LogP contribution < -0.4 is 11.1 Å². The zero-order valence-corrected chi connectivity index (χ0v) is 10.1. The number of nitrogens with two attached hydrogens (primary N) is 1. The molecule has 1 aliphatic rings. The minimum Gasteiger partial charge on any atom is -0.409 e. The largest absolute Gasteiger partial charge is 0.409 e. The molecule has 0 bridgehead atoms. The third kappa shape index (κ3) is 2.58. The van der Waals surface area contributed by atoms with Crippen LogP contribution in [0.4, 0.5) is 0 Å². The fourth-order valence-corrected chi connectivity index (χ4v) is 1.87. The number of oxime groups is 1. The molecule has 18 heavy (non-hydrogen) atoms. The summed E-state index contributed by atoms with van der Waals surface area (Å²) < 4.78 is 0. The van der Waals surface area contributed by atoms with Crippen LogP contribution in [0.15, 0.2) is 23.5 Å². The van der Waals surface area contributed by atoms with E-state index in [4.69, 9.17) is 10.9 Å². The highest BCUT2D eigenvalue weighted by molar-refractivity contribution is 5.99. The number of nitrogens with one attached hydrogen (secondary N) is 1. The molecule has 6 nitrogen and oxygen atoms in total. The van der Waals surface area contributed by atoms with Crippen molar-refractivity contribution in [3.8, 4) is 0 Å². The van der Waals surface area contributed by atoms with Gasteiger partial charge in [0, 0.05) is 11.9 Å². The van der Waals surface area contributed by atoms with Crippen LogP contribution in [0.25, 0.3) is 0 Å². The molecule has 1 heterocycles. The number of pyridine rings is 1. The summed E-state index contributed by atoms with van der Waals surface area (Å²) in [6.07, 6.45) is 3.59. The van der Waals surface area contributed by atoms with Crippen LogP contribution in [0.5, 0.6) is 0 Å². The predicted molar refractivity (Wildman–Crippen MR) is 66.4 cm³/mol. The van der Waals surface area contributed by atoms with Crippen LogP contribution in [0.3, 0.4) is 0 Å². The van der Waals surface area contributed by atoms with Gasteiger partial charge in [-0.3, -0.25) is 9.78 Å². The number of amidine groups is 1. The Bertz CT molecular complexity index is 483. The highest BCUT2D eigenvalue weighted by atomic mass is 16.4. The molecule has 1 atom stereocenters. The molecule has 1 unspecified atom stereocenters. The van der Waals surface area contributed by atoms with E-state index >= 15 is 0 Å². The second-order valence-electron chi connectivity index (χ2n) is 4.45. The monoisotopic (exact) mass is 248 g/mol. The fourth-order valence-electron chi connectivity index (χ4n) is 1.87. The SMILES string of the molecule is Cc1ncccc1C(=O)NC(C(N)=NO)C1CC1. The number of nitrogens with zero attached hydrogens (tertiary/aromatic N) is 2. The second kappa shape index (κ2) is 5.03. The van der Waals surface area contributed by atoms with E-state index in [1.165, 1.54) is 0 Å². The molecule has 1 saturated carbocycles. The third-order valence-corrected chi connectivity index (χ3v) is 3.07. The summed E-state index contributed by atoms with van der Waals surface area (Å²) in [5.41, 5.74) is 6.76. The van der Waals surface area contributed by atoms with E-state index in [2.05, 4.69) is 15.5 Å². The number of aromatic nitrogens is 1. The van der Waals surface area contributed by atoms with E-state index in [0.717, 1.165) is 12.8 Å². The van der Waals surface area contributed by atoms with E-state index in [-0.39, 0.29) is 17.7 Å². The van der Waals surface area contributed by atoms with Crippen molar-refractivity contribution in [2.24, 2.45) is 16.8 Å². The van der Waals surface area contributed by atoms with Crippen molar-refractivity contribution in [1.82, 2.24) is 10.3 Å². The number of carbonyl (C=O) groups is 1. The molecule has 0 saturated heterocycles. The minimum atomic E-state index is -0.401. The van der Waals surface area contributed by atoms with Crippen molar-refractivity contribution in [3.63, 3.8) is 0 Å². The van der Waals surface area contributed by atoms with Crippen molar-refractivity contribution < 1.29 is 10.0 Å². The number of hydrogen-bond donors (Lipinski definition) is 3. The quantitative estimate of drug-likeness (QED) is 0.315. The van der Waals surface area contributed by atoms with Gasteiger partial charge >= 0.3 is 0 Å². The van der Waals surface area contributed by atoms with E-state index < -0.39 is 6.04 Å². The van der Waals surface area contributed by atoms with Gasteiger partial charge in [0.2, 0.25) is 0 Å². The van der Waals surface area contributed by atoms with Crippen molar-refractivity contribution in [2.75, 3.05) is 0 Å². The van der Waals surface area contributed by atoms with Gasteiger partial charge in [-0.25, -0.2) is 0 Å². The molecular weight excluding hydrogens is 232 g/mol. The summed E-state index contributed by atoms with van der Waals surface area (Å²) in [4.78, 5) is 16.1. The second-order valence-corrected chi connectivity index (χ2v) is 4.45. The Morgan fingerprint density at radius 1 is 1.67 bits per heavy atom. The van der Waals surface area contributed by atoms with Gasteiger partial charge in [0.25, 0.3) is 5.91 Å². The summed E-state index contributed by atoms with van der Waals surface area (Å²) in [5.74, 6) is 0.0679. The maximum atomic E-state index is 12.1. The van der Waals surface area contributed by atoms with Crippen LogP contribution >= 0.6 is 0 Å². The zero-order chi connectivity index (χ0) is 13.1. The molecule has 1 aromatic heterocycles. The summed E-state index contributed by atoms with van der Waals surface area (Å²) in [7, 11) is 0. The first-order chi connectivity index (χ1) is 8.63. The van der Waals surface area contributed by atoms with Gasteiger partial charge in [-0.05, 0) is 37.8 Å². The van der Waals surface area contributed by atoms with Gasteiger partial charge in [0.15, 0.2) is 5.84 Å². The first-order valence-electron chi connectivity index (χ1n) is 5.83. The molecule has 2 rings (SSSR count). The molecule has 96 valence electrons. The lowest BCUT2D eigenvalue weighted by Crippen LogP contribution is -2.46. The third-order valence-electron chi connectivity index (χ3n) is 3.07. The summed E-state index contributed by atoms with van der Waals surface area (Å²) in [6.45, 7) is 1.77. The average Bonchev–Trinajstić information content (AvgIpc) is 3.19. The Morgan fingerprint density at radius 3 is 2.94 bits per heavy atom. The summed E-state index contributed by atoms with van der Waals surface area (Å²) in [6, 6.07) is 3.01. The lowest BCUT2D eigenvalue weighted by Gasteiger charge is -2.17. The van der Waals surface area contributed by atoms with Gasteiger partial charge in [0.1, 0.15) is 0 Å². The molecule has 0 spiro atoms. The molecule has 0 aromatic carbocycles. The van der Waals surface area contributed by atoms with Crippen molar-refractivity contribution in [2.45, 2.75) is 25.8 Å². The Labute approximate surface area is 105 Å². The predicted octanol–water partition coefficient (Wildman–Crippen LogP) is 0.645. The minimum absolute atomic E-state index is 0.0485. The highest BCUT2D eigenvalue weighted by Crippen LogP contribution is 2.32. The van der Waals surface area contributed by atoms with E-state index in [1.807, 2.05) is 0 Å². The molecule has 0 radical (unpaired) electrons. The lowest BCUT2D eigenvalue weighted by molar-refractivity contribution is 0.0942. The number of aryl methyl sites for hydroxylation is 1. The van der Waals surface area contributed by atoms with Gasteiger partial charge in [-0.1, -0.05) is 5.16 Å². The zero-order valence-electron chi connectivity index (χ0n) is 10.1. The van der Waals surface area contributed by atoms with Gasteiger partial charge in [-0.15, -0.1) is 0 Å². The topological polar surface area (TPSA) is 101 Å². The molecule has 4 N–H and O–H groups in total. The Balaban J connectivity index is 2.12. The number of carbonyl (C=O) groups excluding carboxylic acids is 1. The van der Waals surface area contributed by atoms with Crippen LogP contribution in [0, 0.1) is 12.8 Å². The van der Waals surface area contributed by atoms with E-state index in [9.17, 15) is 4.79 Å². The lowest BCUT2D eigenvalue weighted by atomic mass is 10.1. The smallest absolute Gasteiger partial charge is 0.253 e. The van der Waals surface area contributed by atoms with Crippen LogP contribution in [-0.2, 0) is 0 Å². The van der Waals surface area contributed by atoms with Crippen LogP contribution in [-0.4, -0.2) is 28.0 Å². The van der Waals surface area contributed by atoms with Crippen LogP contribution in [0.1, 0.15) is 28.9 Å². The highest BCUT2D eigenvalue weighted by Gasteiger charge is 2.35. The van der Waals surface area contributed by atoms with Gasteiger partial charge in [0.05, 0.1) is 11.6 Å². The standard InChI is InChI=1S/C12H16N4O2/c1-7-9(3-2-6-14-7)12(17)15-10(8-4-5-8)11(13)16-18/h2-3,6,8,10,18H,4-5H2,1H3,(H2,13,16)(H,15,17). The summed E-state index contributed by atoms with van der Waals surface area (Å²) >= 11 is 0. The van der Waals surface area contributed by atoms with Gasteiger partial charge < -0.3 is 16.3 Å². The first kappa shape index (κ1) is 12.3. The first-order valence-corrected chi connectivity index (χ1v) is 5.83. The molecule has 1 aliphatic carbocycles. The molecule has 1 aromatic rings. The molecule has 6 heteroatoms. The van der Waals surface area contributed by atoms with E-state index in [1.54, 1.807) is 25.3 Å². The number of rotatable bonds is 4. The van der Waals surface area contributed by atoms with Crippen molar-refractivity contribution in [1.29, 1.82) is 0 Å². The number of amides is 1. The van der Waals surface area contributed by atoms with Crippen molar-refractivity contribution >= 4 is 11.7 Å².